The Hall–Kier alpha value is -1.55. The van der Waals surface area contributed by atoms with Gasteiger partial charge < -0.3 is 10.2 Å². The molecule has 1 saturated heterocycles. The molecule has 5 heteroatoms. The van der Waals surface area contributed by atoms with Crippen LogP contribution in [0, 0.1) is 5.41 Å². The summed E-state index contributed by atoms with van der Waals surface area (Å²) in [5, 5.41) is 3.48. The number of amides is 2. The Morgan fingerprint density at radius 2 is 1.86 bits per heavy atom. The van der Waals surface area contributed by atoms with Crippen molar-refractivity contribution in [3.63, 3.8) is 0 Å². The van der Waals surface area contributed by atoms with Crippen LogP contribution in [-0.4, -0.2) is 29.3 Å². The molecule has 0 bridgehead atoms. The zero-order chi connectivity index (χ0) is 15.6. The lowest BCUT2D eigenvalue weighted by molar-refractivity contribution is -0.143. The zero-order valence-corrected chi connectivity index (χ0v) is 13.4. The molecule has 1 aliphatic heterocycles. The van der Waals surface area contributed by atoms with E-state index in [4.69, 9.17) is 11.6 Å². The summed E-state index contributed by atoms with van der Waals surface area (Å²) in [6.45, 7) is 6.28. The number of nitrogens with zero attached hydrogens (tertiary/aromatic N) is 1. The lowest BCUT2D eigenvalue weighted by atomic mass is 9.94. The zero-order valence-electron chi connectivity index (χ0n) is 12.6. The SMILES string of the molecule is CC(C)(C)C(=O)N1CCC[C@@H]1C(=O)Nc1ccc(Cl)cc1. The largest absolute Gasteiger partial charge is 0.330 e. The summed E-state index contributed by atoms with van der Waals surface area (Å²) in [6.07, 6.45) is 1.57. The fourth-order valence-electron chi connectivity index (χ4n) is 2.47. The third-order valence-electron chi connectivity index (χ3n) is 3.57. The smallest absolute Gasteiger partial charge is 0.247 e. The van der Waals surface area contributed by atoms with E-state index in [1.165, 1.54) is 0 Å². The monoisotopic (exact) mass is 308 g/mol. The van der Waals surface area contributed by atoms with Crippen LogP contribution in [0.4, 0.5) is 5.69 Å². The quantitative estimate of drug-likeness (QED) is 0.911. The molecule has 2 rings (SSSR count). The number of anilines is 1. The molecule has 21 heavy (non-hydrogen) atoms. The molecule has 0 aromatic heterocycles. The number of hydrogen-bond donors (Lipinski definition) is 1. The molecule has 1 N–H and O–H groups in total. The van der Waals surface area contributed by atoms with Crippen LogP contribution in [0.1, 0.15) is 33.6 Å². The molecule has 1 atom stereocenters. The normalized spacial score (nSPS) is 18.7. The third-order valence-corrected chi connectivity index (χ3v) is 3.82. The predicted octanol–water partition coefficient (Wildman–Crippen LogP) is 3.32. The van der Waals surface area contributed by atoms with Crippen molar-refractivity contribution in [1.82, 2.24) is 4.90 Å². The second-order valence-electron chi connectivity index (χ2n) is 6.40. The molecule has 2 amide bonds. The Bertz CT molecular complexity index is 534. The van der Waals surface area contributed by atoms with Crippen LogP contribution >= 0.6 is 11.6 Å². The van der Waals surface area contributed by atoms with Gasteiger partial charge in [-0.15, -0.1) is 0 Å². The molecule has 1 heterocycles. The molecule has 1 aliphatic rings. The Morgan fingerprint density at radius 1 is 1.24 bits per heavy atom. The fraction of sp³-hybridized carbons (Fsp3) is 0.500. The van der Waals surface area contributed by atoms with Gasteiger partial charge in [0.1, 0.15) is 6.04 Å². The van der Waals surface area contributed by atoms with Crippen LogP contribution in [0.3, 0.4) is 0 Å². The number of hydrogen-bond acceptors (Lipinski definition) is 2. The van der Waals surface area contributed by atoms with Crippen molar-refractivity contribution < 1.29 is 9.59 Å². The summed E-state index contributed by atoms with van der Waals surface area (Å²) in [5.74, 6) is -0.108. The van der Waals surface area contributed by atoms with Gasteiger partial charge in [-0.25, -0.2) is 0 Å². The molecule has 0 unspecified atom stereocenters. The average molecular weight is 309 g/mol. The molecule has 4 nitrogen and oxygen atoms in total. The predicted molar refractivity (Wildman–Crippen MR) is 84.3 cm³/mol. The van der Waals surface area contributed by atoms with Crippen LogP contribution in [-0.2, 0) is 9.59 Å². The van der Waals surface area contributed by atoms with Crippen LogP contribution in [0.5, 0.6) is 0 Å². The second kappa shape index (κ2) is 6.06. The number of rotatable bonds is 2. The number of benzene rings is 1. The molecule has 1 fully saturated rings. The molecule has 0 saturated carbocycles. The average Bonchev–Trinajstić information content (AvgIpc) is 2.88. The Kier molecular flexibility index (Phi) is 4.57. The van der Waals surface area contributed by atoms with Crippen LogP contribution in [0.15, 0.2) is 24.3 Å². The maximum absolute atomic E-state index is 12.4. The standard InChI is InChI=1S/C16H21ClN2O2/c1-16(2,3)15(21)19-10-4-5-13(19)14(20)18-12-8-6-11(17)7-9-12/h6-9,13H,4-5,10H2,1-3H3,(H,18,20)/t13-/m1/s1. The van der Waals surface area contributed by atoms with E-state index in [1.807, 2.05) is 20.8 Å². The molecule has 114 valence electrons. The van der Waals surface area contributed by atoms with Crippen molar-refractivity contribution in [2.24, 2.45) is 5.41 Å². The van der Waals surface area contributed by atoms with Crippen molar-refractivity contribution in [3.8, 4) is 0 Å². The molecular weight excluding hydrogens is 288 g/mol. The topological polar surface area (TPSA) is 49.4 Å². The first-order valence-electron chi connectivity index (χ1n) is 7.16. The number of carbonyl (C=O) groups excluding carboxylic acids is 2. The van der Waals surface area contributed by atoms with E-state index in [0.717, 1.165) is 6.42 Å². The van der Waals surface area contributed by atoms with Gasteiger partial charge in [-0.05, 0) is 37.1 Å². The Labute approximate surface area is 130 Å². The fourth-order valence-corrected chi connectivity index (χ4v) is 2.60. The van der Waals surface area contributed by atoms with Gasteiger partial charge in [-0.1, -0.05) is 32.4 Å². The van der Waals surface area contributed by atoms with E-state index in [0.29, 0.717) is 23.7 Å². The van der Waals surface area contributed by atoms with E-state index < -0.39 is 5.41 Å². The maximum atomic E-state index is 12.4. The first-order valence-corrected chi connectivity index (χ1v) is 7.54. The molecule has 0 radical (unpaired) electrons. The number of carbonyl (C=O) groups is 2. The van der Waals surface area contributed by atoms with Crippen LogP contribution < -0.4 is 5.32 Å². The van der Waals surface area contributed by atoms with Crippen molar-refractivity contribution in [2.45, 2.75) is 39.7 Å². The molecule has 1 aromatic rings. The van der Waals surface area contributed by atoms with E-state index in [1.54, 1.807) is 29.2 Å². The van der Waals surface area contributed by atoms with Gasteiger partial charge >= 0.3 is 0 Å². The van der Waals surface area contributed by atoms with Gasteiger partial charge in [0.25, 0.3) is 0 Å². The van der Waals surface area contributed by atoms with Gasteiger partial charge in [-0.3, -0.25) is 9.59 Å². The van der Waals surface area contributed by atoms with Crippen molar-refractivity contribution in [2.75, 3.05) is 11.9 Å². The second-order valence-corrected chi connectivity index (χ2v) is 6.84. The van der Waals surface area contributed by atoms with Crippen molar-refractivity contribution in [1.29, 1.82) is 0 Å². The first-order chi connectivity index (χ1) is 9.79. The summed E-state index contributed by atoms with van der Waals surface area (Å²) >= 11 is 5.82. The minimum absolute atomic E-state index is 0.0243. The number of halogens is 1. The van der Waals surface area contributed by atoms with Crippen molar-refractivity contribution in [3.05, 3.63) is 29.3 Å². The minimum atomic E-state index is -0.469. The van der Waals surface area contributed by atoms with E-state index in [-0.39, 0.29) is 17.9 Å². The van der Waals surface area contributed by atoms with E-state index in [2.05, 4.69) is 5.32 Å². The van der Waals surface area contributed by atoms with Crippen molar-refractivity contribution >= 4 is 29.1 Å². The lowest BCUT2D eigenvalue weighted by Gasteiger charge is -2.30. The van der Waals surface area contributed by atoms with Gasteiger partial charge in [0.2, 0.25) is 11.8 Å². The third kappa shape index (κ3) is 3.76. The Morgan fingerprint density at radius 3 is 2.43 bits per heavy atom. The number of likely N-dealkylation sites (tertiary alicyclic amines) is 1. The highest BCUT2D eigenvalue weighted by Crippen LogP contribution is 2.26. The van der Waals surface area contributed by atoms with E-state index in [9.17, 15) is 9.59 Å². The van der Waals surface area contributed by atoms with Crippen LogP contribution in [0.2, 0.25) is 5.02 Å². The highest BCUT2D eigenvalue weighted by atomic mass is 35.5. The highest BCUT2D eigenvalue weighted by molar-refractivity contribution is 6.30. The maximum Gasteiger partial charge on any atom is 0.247 e. The summed E-state index contributed by atoms with van der Waals surface area (Å²) in [4.78, 5) is 26.5. The summed E-state index contributed by atoms with van der Waals surface area (Å²) in [5.41, 5.74) is 0.225. The van der Waals surface area contributed by atoms with E-state index >= 15 is 0 Å². The highest BCUT2D eigenvalue weighted by Gasteiger charge is 2.38. The summed E-state index contributed by atoms with van der Waals surface area (Å²) < 4.78 is 0. The lowest BCUT2D eigenvalue weighted by Crippen LogP contribution is -2.47. The molecule has 0 aliphatic carbocycles. The van der Waals surface area contributed by atoms with Gasteiger partial charge in [0.05, 0.1) is 0 Å². The van der Waals surface area contributed by atoms with Crippen LogP contribution in [0.25, 0.3) is 0 Å². The summed E-state index contributed by atoms with van der Waals surface area (Å²) in [6, 6.07) is 6.58. The minimum Gasteiger partial charge on any atom is -0.330 e. The number of nitrogens with one attached hydrogen (secondary N) is 1. The molecule has 1 aromatic carbocycles. The Balaban J connectivity index is 2.07. The van der Waals surface area contributed by atoms with Gasteiger partial charge in [0.15, 0.2) is 0 Å². The van der Waals surface area contributed by atoms with Gasteiger partial charge in [0, 0.05) is 22.7 Å². The molecular formula is C16H21ClN2O2. The summed E-state index contributed by atoms with van der Waals surface area (Å²) in [7, 11) is 0. The molecule has 0 spiro atoms. The van der Waals surface area contributed by atoms with Gasteiger partial charge in [-0.2, -0.15) is 0 Å². The first kappa shape index (κ1) is 15.8.